The average Bonchev–Trinajstić information content (AvgIpc) is 3.26. The number of hydrogen-bond acceptors (Lipinski definition) is 2. The smallest absolute Gasteiger partial charge is 0.243 e. The highest BCUT2D eigenvalue weighted by Gasteiger charge is 2.35. The number of amides is 1. The zero-order valence-corrected chi connectivity index (χ0v) is 15.1. The van der Waals surface area contributed by atoms with E-state index in [4.69, 9.17) is 0 Å². The summed E-state index contributed by atoms with van der Waals surface area (Å²) in [7, 11) is 3.85. The molecule has 1 aliphatic carbocycles. The number of aryl methyl sites for hydroxylation is 1. The number of carbonyl (C=O) groups is 1. The summed E-state index contributed by atoms with van der Waals surface area (Å²) in [5, 5.41) is 10.3. The first-order valence-electron chi connectivity index (χ1n) is 9.10. The molecule has 25 heavy (non-hydrogen) atoms. The first kappa shape index (κ1) is 17.5. The number of phenolic OH excluding ortho intramolecular Hbond substituents is 1. The van der Waals surface area contributed by atoms with Crippen molar-refractivity contribution >= 4 is 5.91 Å². The van der Waals surface area contributed by atoms with Gasteiger partial charge in [-0.1, -0.05) is 31.0 Å². The summed E-state index contributed by atoms with van der Waals surface area (Å²) in [5.41, 5.74) is 0.776. The third kappa shape index (κ3) is 4.03. The Labute approximate surface area is 149 Å². The first-order chi connectivity index (χ1) is 12.1. The largest absolute Gasteiger partial charge is 0.508 e. The van der Waals surface area contributed by atoms with Gasteiger partial charge in [0.15, 0.2) is 0 Å². The summed E-state index contributed by atoms with van der Waals surface area (Å²) < 4.78 is 4.07. The van der Waals surface area contributed by atoms with Crippen LogP contribution in [0.3, 0.4) is 0 Å². The average molecular weight is 342 g/mol. The van der Waals surface area contributed by atoms with Crippen LogP contribution >= 0.6 is 0 Å². The number of rotatable bonds is 6. The van der Waals surface area contributed by atoms with E-state index in [2.05, 4.69) is 4.57 Å². The summed E-state index contributed by atoms with van der Waals surface area (Å²) >= 11 is 0. The molecule has 1 aliphatic rings. The number of phenols is 1. The summed E-state index contributed by atoms with van der Waals surface area (Å²) in [6.45, 7) is 1.42. The van der Waals surface area contributed by atoms with Gasteiger partial charge < -0.3 is 10.0 Å². The molecule has 1 aromatic carbocycles. The Hall–Kier alpha value is -2.30. The van der Waals surface area contributed by atoms with Crippen LogP contribution in [0.25, 0.3) is 0 Å². The molecule has 1 heterocycles. The van der Waals surface area contributed by atoms with Crippen LogP contribution in [-0.4, -0.2) is 34.1 Å². The molecular weight excluding hydrogens is 314 g/mol. The molecule has 1 unspecified atom stereocenters. The van der Waals surface area contributed by atoms with Gasteiger partial charge >= 0.3 is 0 Å². The van der Waals surface area contributed by atoms with Crippen LogP contribution in [0.5, 0.6) is 5.75 Å². The number of hydrogen-bond donors (Lipinski definition) is 1. The normalized spacial score (nSPS) is 16.1. The first-order valence-corrected chi connectivity index (χ1v) is 9.10. The van der Waals surface area contributed by atoms with Gasteiger partial charge in [0.05, 0.1) is 19.5 Å². The Balaban J connectivity index is 1.75. The van der Waals surface area contributed by atoms with E-state index < -0.39 is 0 Å². The Bertz CT molecular complexity index is 719. The van der Waals surface area contributed by atoms with Crippen LogP contribution in [0.2, 0.25) is 0 Å². The number of carbonyl (C=O) groups excluding carboxylic acids is 1. The third-order valence-electron chi connectivity index (χ3n) is 5.30. The molecule has 0 spiro atoms. The quantitative estimate of drug-likeness (QED) is 0.820. The molecule has 0 aliphatic heterocycles. The molecule has 1 amide bonds. The monoisotopic (exact) mass is 342 g/mol. The molecule has 0 saturated heterocycles. The van der Waals surface area contributed by atoms with Crippen molar-refractivity contribution in [1.82, 2.24) is 9.47 Å². The number of aromatic hydroxyl groups is 1. The van der Waals surface area contributed by atoms with Gasteiger partial charge in [0.1, 0.15) is 24.7 Å². The third-order valence-corrected chi connectivity index (χ3v) is 5.30. The predicted molar refractivity (Wildman–Crippen MR) is 96.1 cm³/mol. The van der Waals surface area contributed by atoms with E-state index in [1.807, 2.05) is 60.5 Å². The lowest BCUT2D eigenvalue weighted by Gasteiger charge is -2.28. The van der Waals surface area contributed by atoms with Gasteiger partial charge in [0.2, 0.25) is 12.2 Å². The molecule has 2 aromatic rings. The molecule has 3 rings (SSSR count). The van der Waals surface area contributed by atoms with Crippen molar-refractivity contribution in [3.05, 3.63) is 48.5 Å². The van der Waals surface area contributed by atoms with Crippen molar-refractivity contribution in [3.8, 4) is 5.75 Å². The van der Waals surface area contributed by atoms with Gasteiger partial charge in [0.25, 0.3) is 0 Å². The predicted octanol–water partition coefficient (Wildman–Crippen LogP) is 2.45. The Morgan fingerprint density at radius 3 is 2.72 bits per heavy atom. The second-order valence-corrected chi connectivity index (χ2v) is 7.16. The van der Waals surface area contributed by atoms with Crippen molar-refractivity contribution in [1.29, 1.82) is 0 Å². The van der Waals surface area contributed by atoms with Crippen LogP contribution in [0, 0.1) is 5.92 Å². The highest BCUT2D eigenvalue weighted by atomic mass is 16.3. The Morgan fingerprint density at radius 1 is 1.36 bits per heavy atom. The number of benzene rings is 1. The van der Waals surface area contributed by atoms with Gasteiger partial charge in [-0.25, -0.2) is 9.13 Å². The molecule has 1 aromatic heterocycles. The SMILES string of the molecule is CN(CCn1cc[n+](C)c1)C(=O)C(c1ccccc1O)C1CCCC1. The molecule has 0 bridgehead atoms. The van der Waals surface area contributed by atoms with Crippen LogP contribution in [0.4, 0.5) is 0 Å². The van der Waals surface area contributed by atoms with E-state index in [0.29, 0.717) is 12.5 Å². The maximum Gasteiger partial charge on any atom is 0.243 e. The van der Waals surface area contributed by atoms with Crippen LogP contribution in [0.1, 0.15) is 37.2 Å². The molecule has 1 N–H and O–H groups in total. The highest BCUT2D eigenvalue weighted by molar-refractivity contribution is 5.84. The van der Waals surface area contributed by atoms with E-state index in [9.17, 15) is 9.90 Å². The topological polar surface area (TPSA) is 49.4 Å². The molecule has 1 saturated carbocycles. The molecule has 5 heteroatoms. The maximum atomic E-state index is 13.2. The van der Waals surface area contributed by atoms with Crippen molar-refractivity contribution in [2.45, 2.75) is 38.1 Å². The van der Waals surface area contributed by atoms with Crippen molar-refractivity contribution in [2.75, 3.05) is 13.6 Å². The lowest BCUT2D eigenvalue weighted by atomic mass is 9.83. The summed E-state index contributed by atoms with van der Waals surface area (Å²) in [6, 6.07) is 7.30. The number of aromatic nitrogens is 2. The van der Waals surface area contributed by atoms with Crippen LogP contribution in [-0.2, 0) is 18.4 Å². The van der Waals surface area contributed by atoms with Crippen LogP contribution < -0.4 is 4.57 Å². The summed E-state index contributed by atoms with van der Waals surface area (Å²) in [4.78, 5) is 15.0. The van der Waals surface area contributed by atoms with Gasteiger partial charge in [-0.15, -0.1) is 0 Å². The van der Waals surface area contributed by atoms with E-state index in [-0.39, 0.29) is 17.6 Å². The van der Waals surface area contributed by atoms with Gasteiger partial charge in [-0.3, -0.25) is 4.79 Å². The molecule has 5 nitrogen and oxygen atoms in total. The lowest BCUT2D eigenvalue weighted by molar-refractivity contribution is -0.671. The van der Waals surface area contributed by atoms with Crippen LogP contribution in [0.15, 0.2) is 43.0 Å². The minimum Gasteiger partial charge on any atom is -0.508 e. The van der Waals surface area contributed by atoms with Crippen molar-refractivity contribution in [3.63, 3.8) is 0 Å². The molecular formula is C20H28N3O2+. The van der Waals surface area contributed by atoms with E-state index in [1.165, 1.54) is 12.8 Å². The van der Waals surface area contributed by atoms with Gasteiger partial charge in [0, 0.05) is 12.6 Å². The molecule has 0 radical (unpaired) electrons. The number of imidazole rings is 1. The second-order valence-electron chi connectivity index (χ2n) is 7.16. The fourth-order valence-corrected chi connectivity index (χ4v) is 3.88. The summed E-state index contributed by atoms with van der Waals surface area (Å²) in [6.07, 6.45) is 10.5. The minimum absolute atomic E-state index is 0.116. The van der Waals surface area contributed by atoms with Gasteiger partial charge in [-0.05, 0) is 24.8 Å². The number of nitrogens with zero attached hydrogens (tertiary/aromatic N) is 3. The van der Waals surface area contributed by atoms with E-state index >= 15 is 0 Å². The zero-order chi connectivity index (χ0) is 17.8. The Kier molecular flexibility index (Phi) is 5.41. The lowest BCUT2D eigenvalue weighted by Crippen LogP contribution is -2.36. The molecule has 1 fully saturated rings. The summed E-state index contributed by atoms with van der Waals surface area (Å²) in [5.74, 6) is 0.436. The maximum absolute atomic E-state index is 13.2. The van der Waals surface area contributed by atoms with E-state index in [1.54, 1.807) is 6.07 Å². The fourth-order valence-electron chi connectivity index (χ4n) is 3.88. The molecule has 1 atom stereocenters. The van der Waals surface area contributed by atoms with E-state index in [0.717, 1.165) is 24.9 Å². The zero-order valence-electron chi connectivity index (χ0n) is 15.1. The van der Waals surface area contributed by atoms with Crippen molar-refractivity contribution < 1.29 is 14.5 Å². The number of para-hydroxylation sites is 1. The fraction of sp³-hybridized carbons (Fsp3) is 0.500. The van der Waals surface area contributed by atoms with Gasteiger partial charge in [-0.2, -0.15) is 0 Å². The minimum atomic E-state index is -0.241. The highest BCUT2D eigenvalue weighted by Crippen LogP contribution is 2.41. The molecule has 134 valence electrons. The second kappa shape index (κ2) is 7.72. The Morgan fingerprint density at radius 2 is 2.08 bits per heavy atom. The number of likely N-dealkylation sites (N-methyl/N-ethyl adjacent to an activating group) is 1. The van der Waals surface area contributed by atoms with Crippen molar-refractivity contribution in [2.24, 2.45) is 13.0 Å². The standard InChI is InChI=1S/C20H27N3O2/c1-21-11-13-23(15-21)14-12-22(2)20(25)19(16-7-3-4-8-16)17-9-5-6-10-18(17)24/h5-6,9-11,13,15-16,19H,3-4,7-8,12,14H2,1-2H3/p+1.